The van der Waals surface area contributed by atoms with Gasteiger partial charge in [-0.2, -0.15) is 0 Å². The molecule has 7 heteroatoms. The van der Waals surface area contributed by atoms with Crippen molar-refractivity contribution in [3.05, 3.63) is 34.9 Å². The van der Waals surface area contributed by atoms with Gasteiger partial charge in [0.1, 0.15) is 0 Å². The number of hydrogen-bond donors (Lipinski definition) is 1. The van der Waals surface area contributed by atoms with Crippen molar-refractivity contribution < 1.29 is 19.4 Å². The molecule has 0 aromatic heterocycles. The fourth-order valence-corrected chi connectivity index (χ4v) is 2.65. The molecule has 0 aliphatic carbocycles. The summed E-state index contributed by atoms with van der Waals surface area (Å²) in [7, 11) is 1.72. The number of morpholine rings is 1. The van der Waals surface area contributed by atoms with Crippen LogP contribution in [0.4, 0.5) is 0 Å². The molecule has 0 saturated carbocycles. The van der Waals surface area contributed by atoms with Crippen molar-refractivity contribution in [3.63, 3.8) is 0 Å². The maximum Gasteiger partial charge on any atom is 0.317 e. The van der Waals surface area contributed by atoms with Crippen molar-refractivity contribution in [3.8, 4) is 0 Å². The SMILES string of the molecule is CN(CC(=O)O)CC1CN(C(=O)c2cccc(Cl)c2)CCO1. The van der Waals surface area contributed by atoms with Gasteiger partial charge >= 0.3 is 5.97 Å². The number of likely N-dealkylation sites (N-methyl/N-ethyl adjacent to an activating group) is 1. The molecule has 1 aliphatic rings. The zero-order valence-corrected chi connectivity index (χ0v) is 13.1. The lowest BCUT2D eigenvalue weighted by Crippen LogP contribution is -2.49. The molecule has 0 spiro atoms. The fourth-order valence-electron chi connectivity index (χ4n) is 2.46. The monoisotopic (exact) mass is 326 g/mol. The van der Waals surface area contributed by atoms with Gasteiger partial charge in [-0.1, -0.05) is 17.7 Å². The van der Waals surface area contributed by atoms with Crippen molar-refractivity contribution in [2.24, 2.45) is 0 Å². The topological polar surface area (TPSA) is 70.1 Å². The van der Waals surface area contributed by atoms with Gasteiger partial charge in [-0.15, -0.1) is 0 Å². The Morgan fingerprint density at radius 3 is 2.95 bits per heavy atom. The van der Waals surface area contributed by atoms with Gasteiger partial charge in [0.05, 0.1) is 19.3 Å². The molecule has 1 aromatic carbocycles. The van der Waals surface area contributed by atoms with Gasteiger partial charge in [0.15, 0.2) is 0 Å². The van der Waals surface area contributed by atoms with Crippen LogP contribution in [-0.4, -0.2) is 72.7 Å². The van der Waals surface area contributed by atoms with Gasteiger partial charge in [0.2, 0.25) is 0 Å². The summed E-state index contributed by atoms with van der Waals surface area (Å²) in [6.07, 6.45) is -0.193. The Balaban J connectivity index is 1.95. The van der Waals surface area contributed by atoms with Crippen LogP contribution in [0.5, 0.6) is 0 Å². The predicted molar refractivity (Wildman–Crippen MR) is 82.2 cm³/mol. The molecule has 1 aromatic rings. The summed E-state index contributed by atoms with van der Waals surface area (Å²) < 4.78 is 5.62. The Kier molecular flexibility index (Phi) is 5.76. The van der Waals surface area contributed by atoms with Crippen LogP contribution in [0.15, 0.2) is 24.3 Å². The molecule has 1 unspecified atom stereocenters. The number of aliphatic carboxylic acids is 1. The molecule has 0 bridgehead atoms. The number of carboxylic acid groups (broad SMARTS) is 1. The number of carboxylic acids is 1. The largest absolute Gasteiger partial charge is 0.480 e. The first-order valence-corrected chi connectivity index (χ1v) is 7.40. The lowest BCUT2D eigenvalue weighted by atomic mass is 10.1. The molecular weight excluding hydrogens is 308 g/mol. The molecule has 2 rings (SSSR count). The van der Waals surface area contributed by atoms with E-state index in [2.05, 4.69) is 0 Å². The summed E-state index contributed by atoms with van der Waals surface area (Å²) in [4.78, 5) is 26.5. The average molecular weight is 327 g/mol. The molecule has 6 nitrogen and oxygen atoms in total. The highest BCUT2D eigenvalue weighted by Crippen LogP contribution is 2.15. The molecule has 1 aliphatic heterocycles. The zero-order chi connectivity index (χ0) is 16.1. The lowest BCUT2D eigenvalue weighted by molar-refractivity contribution is -0.138. The average Bonchev–Trinajstić information content (AvgIpc) is 2.45. The molecule has 1 N–H and O–H groups in total. The maximum absolute atomic E-state index is 12.5. The molecule has 0 radical (unpaired) electrons. The molecule has 120 valence electrons. The number of carbonyl (C=O) groups is 2. The summed E-state index contributed by atoms with van der Waals surface area (Å²) in [5.74, 6) is -0.971. The quantitative estimate of drug-likeness (QED) is 0.880. The smallest absolute Gasteiger partial charge is 0.317 e. The van der Waals surface area contributed by atoms with E-state index in [1.54, 1.807) is 41.1 Å². The highest BCUT2D eigenvalue weighted by Gasteiger charge is 2.26. The van der Waals surface area contributed by atoms with E-state index < -0.39 is 5.97 Å². The number of nitrogens with zero attached hydrogens (tertiary/aromatic N) is 2. The van der Waals surface area contributed by atoms with Gasteiger partial charge in [0.25, 0.3) is 5.91 Å². The van der Waals surface area contributed by atoms with E-state index in [9.17, 15) is 9.59 Å². The van der Waals surface area contributed by atoms with Crippen LogP contribution >= 0.6 is 11.6 Å². The number of carbonyl (C=O) groups excluding carboxylic acids is 1. The molecule has 1 atom stereocenters. The second-order valence-electron chi connectivity index (χ2n) is 5.34. The van der Waals surface area contributed by atoms with Gasteiger partial charge in [-0.05, 0) is 25.2 Å². The van der Waals surface area contributed by atoms with E-state index in [-0.39, 0.29) is 18.6 Å². The standard InChI is InChI=1S/C15H19ClN2O4/c1-17(10-14(19)20)8-13-9-18(5-6-22-13)15(21)11-3-2-4-12(16)7-11/h2-4,7,13H,5-6,8-10H2,1H3,(H,19,20). The minimum atomic E-state index is -0.884. The van der Waals surface area contributed by atoms with Crippen LogP contribution in [0.25, 0.3) is 0 Å². The minimum absolute atomic E-state index is 0.0535. The normalized spacial score (nSPS) is 18.5. The van der Waals surface area contributed by atoms with Gasteiger partial charge in [-0.3, -0.25) is 14.5 Å². The second kappa shape index (κ2) is 7.58. The number of halogens is 1. The zero-order valence-electron chi connectivity index (χ0n) is 12.4. The van der Waals surface area contributed by atoms with E-state index in [4.69, 9.17) is 21.4 Å². The van der Waals surface area contributed by atoms with Crippen LogP contribution in [-0.2, 0) is 9.53 Å². The van der Waals surface area contributed by atoms with Crippen LogP contribution in [0.2, 0.25) is 5.02 Å². The van der Waals surface area contributed by atoms with Crippen LogP contribution in [0.3, 0.4) is 0 Å². The third-order valence-corrected chi connectivity index (χ3v) is 3.65. The van der Waals surface area contributed by atoms with Crippen LogP contribution in [0, 0.1) is 0 Å². The first-order chi connectivity index (χ1) is 10.5. The number of amides is 1. The maximum atomic E-state index is 12.5. The molecule has 1 heterocycles. The number of benzene rings is 1. The minimum Gasteiger partial charge on any atom is -0.480 e. The Hall–Kier alpha value is -1.63. The van der Waals surface area contributed by atoms with Crippen molar-refractivity contribution >= 4 is 23.5 Å². The summed E-state index contributed by atoms with van der Waals surface area (Å²) >= 11 is 5.92. The van der Waals surface area contributed by atoms with Gasteiger partial charge in [0, 0.05) is 30.2 Å². The second-order valence-corrected chi connectivity index (χ2v) is 5.78. The molecule has 22 heavy (non-hydrogen) atoms. The van der Waals surface area contributed by atoms with E-state index in [1.165, 1.54) is 0 Å². The van der Waals surface area contributed by atoms with Crippen molar-refractivity contribution in [2.75, 3.05) is 39.8 Å². The van der Waals surface area contributed by atoms with E-state index >= 15 is 0 Å². The summed E-state index contributed by atoms with van der Waals surface area (Å²) in [5.41, 5.74) is 0.548. The predicted octanol–water partition coefficient (Wildman–Crippen LogP) is 1.20. The van der Waals surface area contributed by atoms with Crippen LogP contribution in [0.1, 0.15) is 10.4 Å². The Morgan fingerprint density at radius 1 is 1.50 bits per heavy atom. The molecule has 1 fully saturated rings. The molecule has 1 saturated heterocycles. The first-order valence-electron chi connectivity index (χ1n) is 7.02. The molecular formula is C15H19ClN2O4. The summed E-state index contributed by atoms with van der Waals surface area (Å²) in [5, 5.41) is 9.29. The summed E-state index contributed by atoms with van der Waals surface area (Å²) in [6.45, 7) is 1.81. The number of rotatable bonds is 5. The number of hydrogen-bond acceptors (Lipinski definition) is 4. The van der Waals surface area contributed by atoms with E-state index in [0.29, 0.717) is 36.8 Å². The summed E-state index contributed by atoms with van der Waals surface area (Å²) in [6, 6.07) is 6.84. The van der Waals surface area contributed by atoms with Crippen LogP contribution < -0.4 is 0 Å². The third-order valence-electron chi connectivity index (χ3n) is 3.42. The third kappa shape index (κ3) is 4.69. The van der Waals surface area contributed by atoms with Crippen molar-refractivity contribution in [1.29, 1.82) is 0 Å². The van der Waals surface area contributed by atoms with E-state index in [0.717, 1.165) is 0 Å². The first kappa shape index (κ1) is 16.7. The highest BCUT2D eigenvalue weighted by molar-refractivity contribution is 6.30. The Bertz CT molecular complexity index is 552. The highest BCUT2D eigenvalue weighted by atomic mass is 35.5. The number of ether oxygens (including phenoxy) is 1. The van der Waals surface area contributed by atoms with Crippen molar-refractivity contribution in [2.45, 2.75) is 6.10 Å². The Labute approximate surface area is 134 Å². The van der Waals surface area contributed by atoms with Gasteiger partial charge in [-0.25, -0.2) is 0 Å². The van der Waals surface area contributed by atoms with Gasteiger partial charge < -0.3 is 14.7 Å². The molecule has 1 amide bonds. The van der Waals surface area contributed by atoms with Crippen molar-refractivity contribution in [1.82, 2.24) is 9.80 Å². The fraction of sp³-hybridized carbons (Fsp3) is 0.467. The van der Waals surface area contributed by atoms with E-state index in [1.807, 2.05) is 0 Å². The lowest BCUT2D eigenvalue weighted by Gasteiger charge is -2.34. The Morgan fingerprint density at radius 2 is 2.27 bits per heavy atom.